The highest BCUT2D eigenvalue weighted by molar-refractivity contribution is 8.03. The lowest BCUT2D eigenvalue weighted by Crippen LogP contribution is -2.32. The number of furan rings is 1. The SMILES string of the molecule is Cc1ccc(C)c(N2C(=O)C(SCc3ccco3)=C(c3ccccc3)C2=O)c1. The van der Waals surface area contributed by atoms with Crippen LogP contribution in [0.3, 0.4) is 0 Å². The van der Waals surface area contributed by atoms with Gasteiger partial charge in [-0.2, -0.15) is 0 Å². The van der Waals surface area contributed by atoms with Gasteiger partial charge in [-0.25, -0.2) is 4.90 Å². The van der Waals surface area contributed by atoms with Crippen LogP contribution in [0.4, 0.5) is 5.69 Å². The van der Waals surface area contributed by atoms with Crippen LogP contribution < -0.4 is 4.90 Å². The van der Waals surface area contributed by atoms with Gasteiger partial charge in [0.1, 0.15) is 5.76 Å². The van der Waals surface area contributed by atoms with Crippen LogP contribution in [0.1, 0.15) is 22.5 Å². The van der Waals surface area contributed by atoms with Gasteiger partial charge in [0.2, 0.25) is 0 Å². The van der Waals surface area contributed by atoms with E-state index in [9.17, 15) is 9.59 Å². The Hall–Kier alpha value is -3.05. The van der Waals surface area contributed by atoms with Gasteiger partial charge in [-0.1, -0.05) is 42.5 Å². The third kappa shape index (κ3) is 3.29. The fourth-order valence-electron chi connectivity index (χ4n) is 3.22. The molecule has 2 amide bonds. The number of hydrogen-bond acceptors (Lipinski definition) is 4. The van der Waals surface area contributed by atoms with Crippen molar-refractivity contribution >= 4 is 34.8 Å². The average molecular weight is 389 g/mol. The summed E-state index contributed by atoms with van der Waals surface area (Å²) in [7, 11) is 0. The zero-order valence-corrected chi connectivity index (χ0v) is 16.5. The Labute approximate surface area is 167 Å². The number of carbonyl (C=O) groups is 2. The molecule has 0 spiro atoms. The maximum absolute atomic E-state index is 13.4. The highest BCUT2D eigenvalue weighted by Crippen LogP contribution is 2.40. The van der Waals surface area contributed by atoms with E-state index in [0.717, 1.165) is 22.5 Å². The number of aryl methyl sites for hydroxylation is 2. The number of benzene rings is 2. The van der Waals surface area contributed by atoms with Gasteiger partial charge in [-0.15, -0.1) is 11.8 Å². The molecule has 2 aromatic carbocycles. The second-order valence-electron chi connectivity index (χ2n) is 6.67. The number of amides is 2. The lowest BCUT2D eigenvalue weighted by molar-refractivity contribution is -0.119. The van der Waals surface area contributed by atoms with Crippen molar-refractivity contribution in [3.8, 4) is 0 Å². The molecule has 0 saturated carbocycles. The molecule has 2 heterocycles. The zero-order valence-electron chi connectivity index (χ0n) is 15.6. The number of carbonyl (C=O) groups excluding carboxylic acids is 2. The van der Waals surface area contributed by atoms with Crippen LogP contribution in [-0.4, -0.2) is 11.8 Å². The molecule has 4 nitrogen and oxygen atoms in total. The first-order valence-electron chi connectivity index (χ1n) is 8.97. The number of anilines is 1. The summed E-state index contributed by atoms with van der Waals surface area (Å²) in [4.78, 5) is 28.4. The van der Waals surface area contributed by atoms with E-state index in [1.54, 1.807) is 6.26 Å². The van der Waals surface area contributed by atoms with Gasteiger partial charge in [0, 0.05) is 0 Å². The molecule has 0 saturated heterocycles. The molecule has 0 radical (unpaired) electrons. The van der Waals surface area contributed by atoms with E-state index in [2.05, 4.69) is 0 Å². The van der Waals surface area contributed by atoms with Crippen LogP contribution >= 0.6 is 11.8 Å². The summed E-state index contributed by atoms with van der Waals surface area (Å²) >= 11 is 1.34. The summed E-state index contributed by atoms with van der Waals surface area (Å²) < 4.78 is 5.39. The molecule has 0 fully saturated rings. The van der Waals surface area contributed by atoms with E-state index < -0.39 is 0 Å². The molecule has 0 unspecified atom stereocenters. The van der Waals surface area contributed by atoms with Crippen molar-refractivity contribution < 1.29 is 14.0 Å². The third-order valence-electron chi connectivity index (χ3n) is 4.65. The van der Waals surface area contributed by atoms with Gasteiger partial charge in [-0.05, 0) is 48.7 Å². The van der Waals surface area contributed by atoms with Gasteiger partial charge >= 0.3 is 0 Å². The molecule has 1 aliphatic heterocycles. The Morgan fingerprint density at radius 3 is 2.43 bits per heavy atom. The van der Waals surface area contributed by atoms with Crippen molar-refractivity contribution in [3.63, 3.8) is 0 Å². The number of nitrogens with zero attached hydrogens (tertiary/aromatic N) is 1. The number of hydrogen-bond donors (Lipinski definition) is 0. The Morgan fingerprint density at radius 2 is 1.71 bits per heavy atom. The Balaban J connectivity index is 1.78. The smallest absolute Gasteiger partial charge is 0.272 e. The van der Waals surface area contributed by atoms with E-state index >= 15 is 0 Å². The summed E-state index contributed by atoms with van der Waals surface area (Å²) in [6, 6.07) is 18.8. The van der Waals surface area contributed by atoms with Crippen molar-refractivity contribution in [1.82, 2.24) is 0 Å². The standard InChI is InChI=1S/C23H19NO3S/c1-15-10-11-16(2)19(13-15)24-22(25)20(17-7-4-3-5-8-17)21(23(24)26)28-14-18-9-6-12-27-18/h3-13H,14H2,1-2H3. The fourth-order valence-corrected chi connectivity index (χ4v) is 4.24. The first-order valence-corrected chi connectivity index (χ1v) is 9.95. The largest absolute Gasteiger partial charge is 0.468 e. The van der Waals surface area contributed by atoms with Crippen LogP contribution in [0.2, 0.25) is 0 Å². The maximum Gasteiger partial charge on any atom is 0.272 e. The van der Waals surface area contributed by atoms with Crippen molar-refractivity contribution in [3.05, 3.63) is 94.3 Å². The highest BCUT2D eigenvalue weighted by atomic mass is 32.2. The summed E-state index contributed by atoms with van der Waals surface area (Å²) in [6.45, 7) is 3.86. The topological polar surface area (TPSA) is 50.5 Å². The number of thioether (sulfide) groups is 1. The molecule has 28 heavy (non-hydrogen) atoms. The Bertz CT molecular complexity index is 1070. The van der Waals surface area contributed by atoms with E-state index in [1.165, 1.54) is 16.7 Å². The maximum atomic E-state index is 13.4. The first kappa shape index (κ1) is 18.3. The predicted molar refractivity (Wildman–Crippen MR) is 112 cm³/mol. The van der Waals surface area contributed by atoms with E-state index in [0.29, 0.717) is 21.9 Å². The van der Waals surface area contributed by atoms with Crippen LogP contribution in [-0.2, 0) is 15.3 Å². The minimum Gasteiger partial charge on any atom is -0.468 e. The molecular formula is C23H19NO3S. The van der Waals surface area contributed by atoms with Crippen LogP contribution in [0.25, 0.3) is 5.57 Å². The normalized spacial score (nSPS) is 14.3. The highest BCUT2D eigenvalue weighted by Gasteiger charge is 2.40. The molecule has 0 atom stereocenters. The summed E-state index contributed by atoms with van der Waals surface area (Å²) in [5.41, 5.74) is 3.71. The second kappa shape index (κ2) is 7.52. The average Bonchev–Trinajstić information content (AvgIpc) is 3.29. The van der Waals surface area contributed by atoms with Crippen molar-refractivity contribution in [2.45, 2.75) is 19.6 Å². The van der Waals surface area contributed by atoms with E-state index in [-0.39, 0.29) is 11.8 Å². The molecule has 1 aromatic heterocycles. The molecule has 3 aromatic rings. The van der Waals surface area contributed by atoms with Crippen LogP contribution in [0.5, 0.6) is 0 Å². The van der Waals surface area contributed by atoms with Gasteiger partial charge in [0.05, 0.1) is 28.2 Å². The molecule has 4 rings (SSSR count). The molecule has 140 valence electrons. The van der Waals surface area contributed by atoms with Gasteiger partial charge in [0.25, 0.3) is 11.8 Å². The summed E-state index contributed by atoms with van der Waals surface area (Å²) in [5, 5.41) is 0. The monoisotopic (exact) mass is 389 g/mol. The molecule has 1 aliphatic rings. The fraction of sp³-hybridized carbons (Fsp3) is 0.130. The Kier molecular flexibility index (Phi) is 4.92. The quantitative estimate of drug-likeness (QED) is 0.569. The summed E-state index contributed by atoms with van der Waals surface area (Å²) in [5.74, 6) is 0.675. The molecule has 0 N–H and O–H groups in total. The molecule has 0 aliphatic carbocycles. The van der Waals surface area contributed by atoms with Crippen molar-refractivity contribution in [1.29, 1.82) is 0 Å². The summed E-state index contributed by atoms with van der Waals surface area (Å²) in [6.07, 6.45) is 1.60. The van der Waals surface area contributed by atoms with Crippen molar-refractivity contribution in [2.75, 3.05) is 4.90 Å². The van der Waals surface area contributed by atoms with Crippen LogP contribution in [0.15, 0.2) is 76.2 Å². The van der Waals surface area contributed by atoms with Crippen LogP contribution in [0, 0.1) is 13.8 Å². The van der Waals surface area contributed by atoms with Gasteiger partial charge < -0.3 is 4.42 Å². The predicted octanol–water partition coefficient (Wildman–Crippen LogP) is 5.11. The minimum atomic E-state index is -0.285. The van der Waals surface area contributed by atoms with Gasteiger partial charge in [0.15, 0.2) is 0 Å². The lowest BCUT2D eigenvalue weighted by Gasteiger charge is -2.18. The third-order valence-corrected chi connectivity index (χ3v) is 5.74. The Morgan fingerprint density at radius 1 is 0.929 bits per heavy atom. The first-order chi connectivity index (χ1) is 13.6. The second-order valence-corrected chi connectivity index (χ2v) is 7.66. The van der Waals surface area contributed by atoms with Crippen molar-refractivity contribution in [2.24, 2.45) is 0 Å². The zero-order chi connectivity index (χ0) is 19.7. The minimum absolute atomic E-state index is 0.283. The number of rotatable bonds is 5. The lowest BCUT2D eigenvalue weighted by atomic mass is 10.1. The van der Waals surface area contributed by atoms with Gasteiger partial charge in [-0.3, -0.25) is 9.59 Å². The molecular weight excluding hydrogens is 370 g/mol. The van der Waals surface area contributed by atoms with E-state index in [1.807, 2.05) is 74.5 Å². The molecule has 0 bridgehead atoms. The number of imide groups is 1. The molecule has 5 heteroatoms. The van der Waals surface area contributed by atoms with E-state index in [4.69, 9.17) is 4.42 Å².